The van der Waals surface area contributed by atoms with E-state index >= 15 is 0 Å². The molecule has 0 spiro atoms. The minimum absolute atomic E-state index is 0.741. The second-order valence-corrected chi connectivity index (χ2v) is 5.08. The van der Waals surface area contributed by atoms with Gasteiger partial charge in [-0.15, -0.1) is 0 Å². The van der Waals surface area contributed by atoms with E-state index in [1.165, 1.54) is 11.3 Å². The Labute approximate surface area is 127 Å². The maximum Gasteiger partial charge on any atom is 0.0649 e. The molecule has 0 saturated heterocycles. The first-order chi connectivity index (χ1) is 10.3. The van der Waals surface area contributed by atoms with Crippen LogP contribution in [0.15, 0.2) is 30.3 Å². The molecule has 1 aromatic carbocycles. The van der Waals surface area contributed by atoms with E-state index in [2.05, 4.69) is 59.3 Å². The number of ether oxygens (including phenoxy) is 1. The van der Waals surface area contributed by atoms with Gasteiger partial charge in [0, 0.05) is 25.9 Å². The highest BCUT2D eigenvalue weighted by molar-refractivity contribution is 5.36. The molecular weight excluding hydrogens is 262 g/mol. The van der Waals surface area contributed by atoms with Crippen molar-refractivity contribution in [3.05, 3.63) is 47.3 Å². The Kier molecular flexibility index (Phi) is 5.96. The van der Waals surface area contributed by atoms with Crippen LogP contribution in [0.2, 0.25) is 0 Å². The molecule has 0 aliphatic rings. The van der Waals surface area contributed by atoms with Crippen LogP contribution in [0.25, 0.3) is 5.69 Å². The number of rotatable bonds is 8. The van der Waals surface area contributed by atoms with E-state index in [4.69, 9.17) is 4.74 Å². The molecule has 0 radical (unpaired) electrons. The first kappa shape index (κ1) is 15.7. The van der Waals surface area contributed by atoms with Crippen LogP contribution in [0.3, 0.4) is 0 Å². The van der Waals surface area contributed by atoms with Gasteiger partial charge in [0.1, 0.15) is 0 Å². The molecule has 21 heavy (non-hydrogen) atoms. The summed E-state index contributed by atoms with van der Waals surface area (Å²) in [5, 5.41) is 8.02. The molecule has 0 aliphatic carbocycles. The number of nitrogens with one attached hydrogen (secondary N) is 1. The third kappa shape index (κ3) is 4.16. The van der Waals surface area contributed by atoms with Gasteiger partial charge < -0.3 is 10.1 Å². The summed E-state index contributed by atoms with van der Waals surface area (Å²) in [7, 11) is 1.72. The Bertz CT molecular complexity index is 546. The van der Waals surface area contributed by atoms with E-state index in [-0.39, 0.29) is 0 Å². The van der Waals surface area contributed by atoms with Crippen LogP contribution in [0.4, 0.5) is 0 Å². The number of nitrogens with zero attached hydrogens (tertiary/aromatic N) is 2. The van der Waals surface area contributed by atoms with Gasteiger partial charge in [-0.1, -0.05) is 26.0 Å². The first-order valence-electron chi connectivity index (χ1n) is 7.65. The van der Waals surface area contributed by atoms with Gasteiger partial charge in [-0.2, -0.15) is 5.10 Å². The first-order valence-corrected chi connectivity index (χ1v) is 7.65. The molecule has 0 amide bonds. The third-order valence-corrected chi connectivity index (χ3v) is 3.55. The molecule has 0 atom stereocenters. The van der Waals surface area contributed by atoms with Crippen LogP contribution < -0.4 is 5.32 Å². The molecule has 1 heterocycles. The second kappa shape index (κ2) is 7.96. The topological polar surface area (TPSA) is 39.1 Å². The fourth-order valence-corrected chi connectivity index (χ4v) is 2.29. The SMILES string of the molecule is CCc1cc(CC)n(-c2ccc(CNCCOC)cc2)n1. The zero-order valence-corrected chi connectivity index (χ0v) is 13.2. The Morgan fingerprint density at radius 1 is 1.14 bits per heavy atom. The minimum Gasteiger partial charge on any atom is -0.383 e. The summed E-state index contributed by atoms with van der Waals surface area (Å²) < 4.78 is 7.08. The maximum absolute atomic E-state index is 5.02. The van der Waals surface area contributed by atoms with Gasteiger partial charge in [-0.05, 0) is 36.6 Å². The molecule has 0 saturated carbocycles. The number of aromatic nitrogens is 2. The van der Waals surface area contributed by atoms with Crippen LogP contribution in [-0.4, -0.2) is 30.0 Å². The Balaban J connectivity index is 2.06. The molecule has 0 fully saturated rings. The number of hydrogen-bond donors (Lipinski definition) is 1. The molecule has 0 aliphatic heterocycles. The lowest BCUT2D eigenvalue weighted by atomic mass is 10.2. The van der Waals surface area contributed by atoms with E-state index in [9.17, 15) is 0 Å². The molecule has 1 aromatic heterocycles. The predicted molar refractivity (Wildman–Crippen MR) is 85.9 cm³/mol. The van der Waals surface area contributed by atoms with Crippen molar-refractivity contribution in [2.75, 3.05) is 20.3 Å². The van der Waals surface area contributed by atoms with Crippen molar-refractivity contribution >= 4 is 0 Å². The molecule has 2 rings (SSSR count). The van der Waals surface area contributed by atoms with Gasteiger partial charge in [0.2, 0.25) is 0 Å². The Hall–Kier alpha value is -1.65. The molecule has 4 heteroatoms. The highest BCUT2D eigenvalue weighted by atomic mass is 16.5. The van der Waals surface area contributed by atoms with Gasteiger partial charge in [0.15, 0.2) is 0 Å². The quantitative estimate of drug-likeness (QED) is 0.759. The standard InChI is InChI=1S/C17H25N3O/c1-4-15-12-16(5-2)20(19-15)17-8-6-14(7-9-17)13-18-10-11-21-3/h6-9,12,18H,4-5,10-11,13H2,1-3H3. The van der Waals surface area contributed by atoms with Crippen LogP contribution in [0.5, 0.6) is 0 Å². The van der Waals surface area contributed by atoms with Crippen LogP contribution in [-0.2, 0) is 24.1 Å². The average molecular weight is 287 g/mol. The fraction of sp³-hybridized carbons (Fsp3) is 0.471. The van der Waals surface area contributed by atoms with Gasteiger partial charge in [0.05, 0.1) is 18.0 Å². The summed E-state index contributed by atoms with van der Waals surface area (Å²) >= 11 is 0. The van der Waals surface area contributed by atoms with E-state index in [0.29, 0.717) is 0 Å². The summed E-state index contributed by atoms with van der Waals surface area (Å²) in [6.07, 6.45) is 1.97. The molecule has 0 bridgehead atoms. The molecule has 0 unspecified atom stereocenters. The van der Waals surface area contributed by atoms with E-state index < -0.39 is 0 Å². The maximum atomic E-state index is 5.02. The minimum atomic E-state index is 0.741. The average Bonchev–Trinajstić information content (AvgIpc) is 2.95. The van der Waals surface area contributed by atoms with Gasteiger partial charge in [0.25, 0.3) is 0 Å². The lowest BCUT2D eigenvalue weighted by Crippen LogP contribution is -2.18. The van der Waals surface area contributed by atoms with Gasteiger partial charge in [-0.3, -0.25) is 0 Å². The lowest BCUT2D eigenvalue weighted by molar-refractivity contribution is 0.199. The van der Waals surface area contributed by atoms with Crippen molar-refractivity contribution < 1.29 is 4.74 Å². The lowest BCUT2D eigenvalue weighted by Gasteiger charge is -2.08. The van der Waals surface area contributed by atoms with Crippen molar-refractivity contribution in [2.24, 2.45) is 0 Å². The van der Waals surface area contributed by atoms with Gasteiger partial charge in [-0.25, -0.2) is 4.68 Å². The van der Waals surface area contributed by atoms with E-state index in [0.717, 1.165) is 43.9 Å². The van der Waals surface area contributed by atoms with Crippen molar-refractivity contribution in [2.45, 2.75) is 33.2 Å². The van der Waals surface area contributed by atoms with Crippen molar-refractivity contribution in [1.82, 2.24) is 15.1 Å². The zero-order chi connectivity index (χ0) is 15.1. The fourth-order valence-electron chi connectivity index (χ4n) is 2.29. The Morgan fingerprint density at radius 2 is 1.90 bits per heavy atom. The van der Waals surface area contributed by atoms with Crippen LogP contribution in [0.1, 0.15) is 30.8 Å². The second-order valence-electron chi connectivity index (χ2n) is 5.08. The van der Waals surface area contributed by atoms with Crippen molar-refractivity contribution in [3.8, 4) is 5.69 Å². The van der Waals surface area contributed by atoms with E-state index in [1.54, 1.807) is 7.11 Å². The molecule has 4 nitrogen and oxygen atoms in total. The summed E-state index contributed by atoms with van der Waals surface area (Å²) in [6.45, 7) is 6.79. The number of benzene rings is 1. The number of hydrogen-bond acceptors (Lipinski definition) is 3. The smallest absolute Gasteiger partial charge is 0.0649 e. The summed E-state index contributed by atoms with van der Waals surface area (Å²) in [6, 6.07) is 10.8. The molecular formula is C17H25N3O. The zero-order valence-electron chi connectivity index (χ0n) is 13.2. The molecule has 2 aromatic rings. The summed E-state index contributed by atoms with van der Waals surface area (Å²) in [4.78, 5) is 0. The summed E-state index contributed by atoms with van der Waals surface area (Å²) in [5.41, 5.74) is 4.82. The Morgan fingerprint density at radius 3 is 2.52 bits per heavy atom. The molecule has 114 valence electrons. The molecule has 1 N–H and O–H groups in total. The number of aryl methyl sites for hydroxylation is 2. The third-order valence-electron chi connectivity index (χ3n) is 3.55. The van der Waals surface area contributed by atoms with Crippen molar-refractivity contribution in [1.29, 1.82) is 0 Å². The van der Waals surface area contributed by atoms with Gasteiger partial charge >= 0.3 is 0 Å². The van der Waals surface area contributed by atoms with Crippen molar-refractivity contribution in [3.63, 3.8) is 0 Å². The van der Waals surface area contributed by atoms with Crippen LogP contribution in [0, 0.1) is 0 Å². The largest absolute Gasteiger partial charge is 0.383 e. The predicted octanol–water partition coefficient (Wildman–Crippen LogP) is 2.73. The number of methoxy groups -OCH3 is 1. The summed E-state index contributed by atoms with van der Waals surface area (Å²) in [5.74, 6) is 0. The highest BCUT2D eigenvalue weighted by Crippen LogP contribution is 2.15. The normalized spacial score (nSPS) is 11.0. The van der Waals surface area contributed by atoms with E-state index in [1.807, 2.05) is 0 Å². The van der Waals surface area contributed by atoms with Crippen LogP contribution >= 0.6 is 0 Å². The highest BCUT2D eigenvalue weighted by Gasteiger charge is 2.07. The monoisotopic (exact) mass is 287 g/mol.